The highest BCUT2D eigenvalue weighted by Crippen LogP contribution is 2.53. The van der Waals surface area contributed by atoms with Crippen molar-refractivity contribution in [2.45, 2.75) is 18.4 Å². The standard InChI is InChI=1S/C19H18N2O3/c1-24-17-11-13(21(22)23)10-16-14-8-5-9-15(14)18(20-19(16)17)12-6-3-2-4-7-12/h2-8,10-11,14-15,18,20H,9H2,1H3/t14-,15-,18-/m0/s1. The fourth-order valence-corrected chi connectivity index (χ4v) is 3.91. The van der Waals surface area contributed by atoms with E-state index in [1.165, 1.54) is 11.6 Å². The lowest BCUT2D eigenvalue weighted by Crippen LogP contribution is -2.29. The Morgan fingerprint density at radius 2 is 2.04 bits per heavy atom. The number of allylic oxidation sites excluding steroid dienone is 2. The third kappa shape index (κ3) is 2.24. The van der Waals surface area contributed by atoms with Crippen LogP contribution in [-0.2, 0) is 0 Å². The SMILES string of the molecule is COc1cc([N+](=O)[O-])cc2c1N[C@@H](c1ccccc1)[C@H]1CC=C[C@H]21. The number of benzene rings is 2. The van der Waals surface area contributed by atoms with Gasteiger partial charge in [-0.05, 0) is 23.5 Å². The predicted molar refractivity (Wildman–Crippen MR) is 92.4 cm³/mol. The average Bonchev–Trinajstić information content (AvgIpc) is 3.10. The summed E-state index contributed by atoms with van der Waals surface area (Å²) in [6.07, 6.45) is 5.30. The first-order chi connectivity index (χ1) is 11.7. The van der Waals surface area contributed by atoms with E-state index in [1.807, 2.05) is 18.2 Å². The number of hydrogen-bond acceptors (Lipinski definition) is 4. The zero-order valence-electron chi connectivity index (χ0n) is 13.3. The molecule has 0 bridgehead atoms. The molecule has 0 spiro atoms. The summed E-state index contributed by atoms with van der Waals surface area (Å²) < 4.78 is 5.45. The first-order valence-electron chi connectivity index (χ1n) is 8.03. The summed E-state index contributed by atoms with van der Waals surface area (Å²) >= 11 is 0. The maximum atomic E-state index is 11.2. The molecule has 5 heteroatoms. The van der Waals surface area contributed by atoms with Gasteiger partial charge < -0.3 is 10.1 Å². The molecule has 1 aliphatic heterocycles. The number of anilines is 1. The summed E-state index contributed by atoms with van der Waals surface area (Å²) in [5.74, 6) is 1.05. The highest BCUT2D eigenvalue weighted by Gasteiger charge is 2.40. The summed E-state index contributed by atoms with van der Waals surface area (Å²) in [5.41, 5.74) is 3.11. The molecule has 0 aromatic heterocycles. The Morgan fingerprint density at radius 3 is 2.75 bits per heavy atom. The number of nitrogens with one attached hydrogen (secondary N) is 1. The molecule has 2 aromatic carbocycles. The molecule has 0 unspecified atom stereocenters. The molecule has 5 nitrogen and oxygen atoms in total. The fraction of sp³-hybridized carbons (Fsp3) is 0.263. The summed E-state index contributed by atoms with van der Waals surface area (Å²) in [4.78, 5) is 10.9. The molecule has 3 atom stereocenters. The molecule has 24 heavy (non-hydrogen) atoms. The number of rotatable bonds is 3. The summed E-state index contributed by atoms with van der Waals surface area (Å²) in [5, 5.41) is 14.8. The topological polar surface area (TPSA) is 64.4 Å². The van der Waals surface area contributed by atoms with Gasteiger partial charge in [0.2, 0.25) is 0 Å². The van der Waals surface area contributed by atoms with Crippen LogP contribution in [0.15, 0.2) is 54.6 Å². The van der Waals surface area contributed by atoms with E-state index in [1.54, 1.807) is 13.2 Å². The van der Waals surface area contributed by atoms with Gasteiger partial charge in [0, 0.05) is 12.0 Å². The van der Waals surface area contributed by atoms with Gasteiger partial charge in [0.15, 0.2) is 0 Å². The Balaban J connectivity index is 1.86. The molecule has 0 saturated heterocycles. The van der Waals surface area contributed by atoms with Gasteiger partial charge >= 0.3 is 0 Å². The van der Waals surface area contributed by atoms with Crippen molar-refractivity contribution < 1.29 is 9.66 Å². The smallest absolute Gasteiger partial charge is 0.273 e. The van der Waals surface area contributed by atoms with Crippen molar-refractivity contribution in [3.63, 3.8) is 0 Å². The Morgan fingerprint density at radius 1 is 1.25 bits per heavy atom. The molecule has 0 fully saturated rings. The Bertz CT molecular complexity index is 817. The van der Waals surface area contributed by atoms with E-state index in [2.05, 4.69) is 29.6 Å². The van der Waals surface area contributed by atoms with E-state index in [9.17, 15) is 10.1 Å². The highest BCUT2D eigenvalue weighted by atomic mass is 16.6. The fourth-order valence-electron chi connectivity index (χ4n) is 3.91. The number of hydrogen-bond donors (Lipinski definition) is 1. The van der Waals surface area contributed by atoms with E-state index >= 15 is 0 Å². The van der Waals surface area contributed by atoms with Crippen LogP contribution in [0.5, 0.6) is 5.75 Å². The molecule has 1 aliphatic carbocycles. The van der Waals surface area contributed by atoms with E-state index in [-0.39, 0.29) is 22.6 Å². The lowest BCUT2D eigenvalue weighted by atomic mass is 9.76. The largest absolute Gasteiger partial charge is 0.494 e. The minimum Gasteiger partial charge on any atom is -0.494 e. The highest BCUT2D eigenvalue weighted by molar-refractivity contribution is 5.71. The number of nitro groups is 1. The second-order valence-electron chi connectivity index (χ2n) is 6.26. The molecule has 122 valence electrons. The summed E-state index contributed by atoms with van der Waals surface area (Å²) in [7, 11) is 1.55. The van der Waals surface area contributed by atoms with Gasteiger partial charge in [-0.1, -0.05) is 42.5 Å². The van der Waals surface area contributed by atoms with E-state index < -0.39 is 0 Å². The van der Waals surface area contributed by atoms with Crippen molar-refractivity contribution in [1.82, 2.24) is 0 Å². The van der Waals surface area contributed by atoms with Crippen molar-refractivity contribution >= 4 is 11.4 Å². The van der Waals surface area contributed by atoms with Crippen LogP contribution in [0.3, 0.4) is 0 Å². The van der Waals surface area contributed by atoms with Crippen LogP contribution in [0.1, 0.15) is 29.5 Å². The maximum absolute atomic E-state index is 11.2. The van der Waals surface area contributed by atoms with Gasteiger partial charge in [-0.25, -0.2) is 0 Å². The lowest BCUT2D eigenvalue weighted by molar-refractivity contribution is -0.385. The van der Waals surface area contributed by atoms with Gasteiger partial charge in [0.1, 0.15) is 5.75 Å². The zero-order chi connectivity index (χ0) is 16.7. The minimum absolute atomic E-state index is 0.0737. The summed E-state index contributed by atoms with van der Waals surface area (Å²) in [6, 6.07) is 13.7. The van der Waals surface area contributed by atoms with Crippen molar-refractivity contribution in [1.29, 1.82) is 0 Å². The van der Waals surface area contributed by atoms with E-state index in [4.69, 9.17) is 4.74 Å². The maximum Gasteiger partial charge on any atom is 0.273 e. The number of nitrogens with zero attached hydrogens (tertiary/aromatic N) is 1. The van der Waals surface area contributed by atoms with Gasteiger partial charge in [0.05, 0.1) is 29.8 Å². The van der Waals surface area contributed by atoms with Crippen LogP contribution in [0, 0.1) is 16.0 Å². The van der Waals surface area contributed by atoms with E-state index in [0.717, 1.165) is 17.7 Å². The van der Waals surface area contributed by atoms with Crippen LogP contribution >= 0.6 is 0 Å². The Kier molecular flexibility index (Phi) is 3.49. The quantitative estimate of drug-likeness (QED) is 0.516. The second-order valence-corrected chi connectivity index (χ2v) is 6.26. The molecule has 0 saturated carbocycles. The van der Waals surface area contributed by atoms with Gasteiger partial charge in [-0.3, -0.25) is 10.1 Å². The second kappa shape index (κ2) is 5.67. The molecular formula is C19H18N2O3. The third-order valence-electron chi connectivity index (χ3n) is 5.01. The molecule has 2 aromatic rings. The predicted octanol–water partition coefficient (Wildman–Crippen LogP) is 4.43. The lowest BCUT2D eigenvalue weighted by Gasteiger charge is -2.38. The third-order valence-corrected chi connectivity index (χ3v) is 5.01. The minimum atomic E-state index is -0.361. The molecule has 0 amide bonds. The van der Waals surface area contributed by atoms with Crippen molar-refractivity contribution in [3.05, 3.63) is 75.9 Å². The molecule has 2 aliphatic rings. The van der Waals surface area contributed by atoms with Gasteiger partial charge in [-0.15, -0.1) is 0 Å². The van der Waals surface area contributed by atoms with Crippen LogP contribution in [0.25, 0.3) is 0 Å². The Labute approximate surface area is 140 Å². The Hall–Kier alpha value is -2.82. The van der Waals surface area contributed by atoms with Crippen LogP contribution < -0.4 is 10.1 Å². The molecule has 0 radical (unpaired) electrons. The number of nitro benzene ring substituents is 1. The normalized spacial score (nSPS) is 24.0. The number of fused-ring (bicyclic) bond motifs is 3. The summed E-state index contributed by atoms with van der Waals surface area (Å²) in [6.45, 7) is 0. The molecular weight excluding hydrogens is 304 g/mol. The van der Waals surface area contributed by atoms with Crippen LogP contribution in [0.4, 0.5) is 11.4 Å². The number of ether oxygens (including phenoxy) is 1. The van der Waals surface area contributed by atoms with Gasteiger partial charge in [0.25, 0.3) is 5.69 Å². The number of non-ortho nitro benzene ring substituents is 1. The molecule has 1 N–H and O–H groups in total. The monoisotopic (exact) mass is 322 g/mol. The van der Waals surface area contributed by atoms with Crippen molar-refractivity contribution in [3.8, 4) is 5.75 Å². The van der Waals surface area contributed by atoms with Crippen molar-refractivity contribution in [2.75, 3.05) is 12.4 Å². The van der Waals surface area contributed by atoms with Crippen LogP contribution in [0.2, 0.25) is 0 Å². The zero-order valence-corrected chi connectivity index (χ0v) is 13.3. The first-order valence-corrected chi connectivity index (χ1v) is 8.03. The first kappa shape index (κ1) is 14.8. The number of methoxy groups -OCH3 is 1. The molecule has 4 rings (SSSR count). The van der Waals surface area contributed by atoms with E-state index in [0.29, 0.717) is 11.7 Å². The van der Waals surface area contributed by atoms with Gasteiger partial charge in [-0.2, -0.15) is 0 Å². The van der Waals surface area contributed by atoms with Crippen LogP contribution in [-0.4, -0.2) is 12.0 Å². The molecule has 1 heterocycles. The average molecular weight is 322 g/mol. The van der Waals surface area contributed by atoms with Crippen molar-refractivity contribution in [2.24, 2.45) is 5.92 Å².